The Labute approximate surface area is 216 Å². The molecule has 37 heavy (non-hydrogen) atoms. The first-order valence-corrected chi connectivity index (χ1v) is 13.8. The lowest BCUT2D eigenvalue weighted by Gasteiger charge is -2.35. The van der Waals surface area contributed by atoms with E-state index in [1.165, 1.54) is 12.1 Å². The average molecular weight is 529 g/mol. The molecule has 198 valence electrons. The van der Waals surface area contributed by atoms with Gasteiger partial charge in [-0.1, -0.05) is 24.3 Å². The number of carbonyl (C=O) groups excluding carboxylic acids is 1. The van der Waals surface area contributed by atoms with E-state index in [0.717, 1.165) is 57.1 Å². The van der Waals surface area contributed by atoms with Gasteiger partial charge in [0.15, 0.2) is 5.96 Å². The molecule has 12 heteroatoms. The molecule has 2 heterocycles. The lowest BCUT2D eigenvalue weighted by Crippen LogP contribution is -2.50. The van der Waals surface area contributed by atoms with Gasteiger partial charge in [0, 0.05) is 50.0 Å². The van der Waals surface area contributed by atoms with Gasteiger partial charge in [-0.2, -0.15) is 4.72 Å². The largest absolute Gasteiger partial charge is 0.480 e. The minimum absolute atomic E-state index is 0.0535. The average Bonchev–Trinajstić information content (AvgIpc) is 2.92. The normalized spacial score (nSPS) is 17.3. The summed E-state index contributed by atoms with van der Waals surface area (Å²) in [6.07, 6.45) is 2.91. The molecule has 2 aliphatic heterocycles. The first kappa shape index (κ1) is 26.4. The van der Waals surface area contributed by atoms with Gasteiger partial charge in [0.25, 0.3) is 5.91 Å². The lowest BCUT2D eigenvalue weighted by molar-refractivity contribution is -0.138. The van der Waals surface area contributed by atoms with Gasteiger partial charge < -0.3 is 26.0 Å². The van der Waals surface area contributed by atoms with Crippen LogP contribution in [0.4, 0.5) is 5.69 Å². The molecule has 0 bridgehead atoms. The zero-order valence-corrected chi connectivity index (χ0v) is 21.2. The second-order valence-electron chi connectivity index (χ2n) is 9.00. The predicted molar refractivity (Wildman–Crippen MR) is 140 cm³/mol. The van der Waals surface area contributed by atoms with E-state index in [1.54, 1.807) is 36.4 Å². The number of hydrogen-bond acceptors (Lipinski definition) is 8. The summed E-state index contributed by atoms with van der Waals surface area (Å²) >= 11 is 0. The van der Waals surface area contributed by atoms with Crippen molar-refractivity contribution in [1.29, 1.82) is 0 Å². The summed E-state index contributed by atoms with van der Waals surface area (Å²) < 4.78 is 27.2. The minimum Gasteiger partial charge on any atom is -0.480 e. The van der Waals surface area contributed by atoms with E-state index in [9.17, 15) is 23.1 Å². The number of nitrogens with zero attached hydrogens (tertiary/aromatic N) is 2. The molecule has 0 aliphatic carbocycles. The van der Waals surface area contributed by atoms with Crippen LogP contribution in [-0.2, 0) is 14.8 Å². The third kappa shape index (κ3) is 7.20. The molecule has 0 unspecified atom stereocenters. The van der Waals surface area contributed by atoms with Crippen LogP contribution in [0.3, 0.4) is 0 Å². The number of rotatable bonds is 9. The summed E-state index contributed by atoms with van der Waals surface area (Å²) in [7, 11) is -4.06. The van der Waals surface area contributed by atoms with Gasteiger partial charge in [-0.05, 0) is 49.6 Å². The van der Waals surface area contributed by atoms with Gasteiger partial charge in [0.05, 0.1) is 4.90 Å². The Hall–Kier alpha value is -3.64. The number of benzene rings is 2. The van der Waals surface area contributed by atoms with Gasteiger partial charge >= 0.3 is 5.97 Å². The monoisotopic (exact) mass is 528 g/mol. The molecule has 0 spiro atoms. The zero-order chi connectivity index (χ0) is 26.3. The van der Waals surface area contributed by atoms with E-state index in [1.807, 2.05) is 6.07 Å². The third-order valence-corrected chi connectivity index (χ3v) is 7.81. The topological polar surface area (TPSA) is 152 Å². The SMILES string of the molecule is O=C(NC[C@H](NS(=O)(=O)c1ccccc1)C(=O)O)c1cccc(N2CCC(NC3=NCCCN3)CC2)c1. The number of piperidine rings is 1. The molecule has 1 saturated heterocycles. The maximum atomic E-state index is 12.8. The van der Waals surface area contributed by atoms with Crippen molar-refractivity contribution in [3.05, 3.63) is 60.2 Å². The molecule has 1 fully saturated rings. The molecule has 0 aromatic heterocycles. The fraction of sp³-hybridized carbons (Fsp3) is 0.400. The Morgan fingerprint density at radius 3 is 2.54 bits per heavy atom. The molecule has 1 atom stereocenters. The van der Waals surface area contributed by atoms with Crippen LogP contribution < -0.4 is 25.6 Å². The zero-order valence-electron chi connectivity index (χ0n) is 20.4. The highest BCUT2D eigenvalue weighted by Crippen LogP contribution is 2.21. The van der Waals surface area contributed by atoms with Crippen LogP contribution in [0.25, 0.3) is 0 Å². The number of carboxylic acids is 1. The molecule has 11 nitrogen and oxygen atoms in total. The van der Waals surface area contributed by atoms with E-state index in [4.69, 9.17) is 0 Å². The quantitative estimate of drug-likeness (QED) is 0.320. The summed E-state index contributed by atoms with van der Waals surface area (Å²) in [5, 5.41) is 18.8. The van der Waals surface area contributed by atoms with E-state index < -0.39 is 34.5 Å². The van der Waals surface area contributed by atoms with Crippen LogP contribution in [0.15, 0.2) is 64.5 Å². The predicted octanol–water partition coefficient (Wildman–Crippen LogP) is 0.756. The fourth-order valence-corrected chi connectivity index (χ4v) is 5.49. The molecule has 1 amide bonds. The number of nitrogens with one attached hydrogen (secondary N) is 4. The number of aliphatic carboxylic acids is 1. The summed E-state index contributed by atoms with van der Waals surface area (Å²) in [4.78, 5) is 31.1. The molecule has 2 aromatic carbocycles. The van der Waals surface area contributed by atoms with Crippen LogP contribution >= 0.6 is 0 Å². The minimum atomic E-state index is -4.06. The van der Waals surface area contributed by atoms with E-state index in [-0.39, 0.29) is 4.90 Å². The standard InChI is InChI=1S/C25H32N6O5S/c32-23(28-17-22(24(33)34)30-37(35,36)21-8-2-1-3-9-21)18-6-4-7-20(16-18)31-14-10-19(11-15-31)29-25-26-12-5-13-27-25/h1-4,6-9,16,19,22,30H,5,10-15,17H2,(H,28,32)(H,33,34)(H2,26,27,29)/t22-/m0/s1. The molecule has 0 radical (unpaired) electrons. The molecule has 0 saturated carbocycles. The molecule has 5 N–H and O–H groups in total. The number of guanidine groups is 1. The summed E-state index contributed by atoms with van der Waals surface area (Å²) in [5.41, 5.74) is 1.27. The number of aliphatic imine (C=N–C) groups is 1. The van der Waals surface area contributed by atoms with E-state index in [0.29, 0.717) is 11.6 Å². The summed E-state index contributed by atoms with van der Waals surface area (Å²) in [6.45, 7) is 3.01. The van der Waals surface area contributed by atoms with Crippen molar-refractivity contribution < 1.29 is 23.1 Å². The smallest absolute Gasteiger partial charge is 0.323 e. The number of carboxylic acid groups (broad SMARTS) is 1. The Balaban J connectivity index is 1.32. The Bertz CT molecular complexity index is 1230. The van der Waals surface area contributed by atoms with Crippen LogP contribution in [0.2, 0.25) is 0 Å². The van der Waals surface area contributed by atoms with Crippen molar-refractivity contribution in [2.45, 2.75) is 36.2 Å². The van der Waals surface area contributed by atoms with E-state index in [2.05, 4.69) is 30.6 Å². The number of sulfonamides is 1. The first-order chi connectivity index (χ1) is 17.8. The van der Waals surface area contributed by atoms with Gasteiger partial charge in [-0.3, -0.25) is 14.6 Å². The van der Waals surface area contributed by atoms with Crippen LogP contribution in [0, 0.1) is 0 Å². The first-order valence-electron chi connectivity index (χ1n) is 12.3. The number of amides is 1. The third-order valence-electron chi connectivity index (χ3n) is 6.32. The molecule has 2 aliphatic rings. The highest BCUT2D eigenvalue weighted by atomic mass is 32.2. The van der Waals surface area contributed by atoms with Gasteiger partial charge in [-0.15, -0.1) is 0 Å². The van der Waals surface area contributed by atoms with Crippen molar-refractivity contribution >= 4 is 33.5 Å². The Morgan fingerprint density at radius 2 is 1.86 bits per heavy atom. The van der Waals surface area contributed by atoms with Crippen molar-refractivity contribution in [2.75, 3.05) is 37.6 Å². The summed E-state index contributed by atoms with van der Waals surface area (Å²) in [6, 6.07) is 13.4. The highest BCUT2D eigenvalue weighted by molar-refractivity contribution is 7.89. The molecular weight excluding hydrogens is 496 g/mol. The van der Waals surface area contributed by atoms with Crippen LogP contribution in [0.5, 0.6) is 0 Å². The van der Waals surface area contributed by atoms with Gasteiger partial charge in [0.2, 0.25) is 10.0 Å². The fourth-order valence-electron chi connectivity index (χ4n) is 4.28. The second-order valence-corrected chi connectivity index (χ2v) is 10.7. The number of hydrogen-bond donors (Lipinski definition) is 5. The molecule has 4 rings (SSSR count). The molecule has 2 aromatic rings. The van der Waals surface area contributed by atoms with Crippen molar-refractivity contribution in [1.82, 2.24) is 20.7 Å². The van der Waals surface area contributed by atoms with Crippen molar-refractivity contribution in [3.63, 3.8) is 0 Å². The lowest BCUT2D eigenvalue weighted by atomic mass is 10.0. The van der Waals surface area contributed by atoms with Crippen LogP contribution in [-0.4, -0.2) is 76.2 Å². The maximum Gasteiger partial charge on any atom is 0.323 e. The van der Waals surface area contributed by atoms with Crippen molar-refractivity contribution in [3.8, 4) is 0 Å². The second kappa shape index (κ2) is 12.1. The Kier molecular flexibility index (Phi) is 8.62. The summed E-state index contributed by atoms with van der Waals surface area (Å²) in [5.74, 6) is -1.00. The number of anilines is 1. The van der Waals surface area contributed by atoms with Crippen molar-refractivity contribution in [2.24, 2.45) is 4.99 Å². The highest BCUT2D eigenvalue weighted by Gasteiger charge is 2.26. The Morgan fingerprint density at radius 1 is 1.11 bits per heavy atom. The van der Waals surface area contributed by atoms with Crippen LogP contribution in [0.1, 0.15) is 29.6 Å². The molecular formula is C25H32N6O5S. The van der Waals surface area contributed by atoms with Gasteiger partial charge in [-0.25, -0.2) is 8.42 Å². The van der Waals surface area contributed by atoms with Gasteiger partial charge in [0.1, 0.15) is 6.04 Å². The maximum absolute atomic E-state index is 12.8. The number of carbonyl (C=O) groups is 2. The van der Waals surface area contributed by atoms with E-state index >= 15 is 0 Å².